The molecule has 0 aliphatic carbocycles. The lowest BCUT2D eigenvalue weighted by Crippen LogP contribution is -2.36. The molecule has 1 unspecified atom stereocenters. The molecule has 0 saturated heterocycles. The second kappa shape index (κ2) is 7.54. The van der Waals surface area contributed by atoms with Crippen molar-refractivity contribution < 1.29 is 0 Å². The van der Waals surface area contributed by atoms with Crippen LogP contribution in [-0.4, -0.2) is 30.7 Å². The van der Waals surface area contributed by atoms with Crippen LogP contribution in [0.4, 0.5) is 5.69 Å². The molecule has 0 amide bonds. The normalized spacial score (nSPS) is 12.2. The summed E-state index contributed by atoms with van der Waals surface area (Å²) in [4.78, 5) is 3.54. The molecule has 1 aromatic carbocycles. The second-order valence-electron chi connectivity index (χ2n) is 5.14. The third kappa shape index (κ3) is 4.52. The highest BCUT2D eigenvalue weighted by Crippen LogP contribution is 2.22. The molecule has 112 valence electrons. The van der Waals surface area contributed by atoms with Crippen molar-refractivity contribution >= 4 is 34.4 Å². The molecule has 0 saturated carbocycles. The highest BCUT2D eigenvalue weighted by Gasteiger charge is 2.15. The zero-order valence-corrected chi connectivity index (χ0v) is 14.2. The highest BCUT2D eigenvalue weighted by atomic mass is 32.1. The third-order valence-electron chi connectivity index (χ3n) is 3.34. The van der Waals surface area contributed by atoms with Gasteiger partial charge in [0.1, 0.15) is 0 Å². The Bertz CT molecular complexity index is 579. The Balaban J connectivity index is 1.92. The van der Waals surface area contributed by atoms with Gasteiger partial charge in [0.05, 0.1) is 6.04 Å². The van der Waals surface area contributed by atoms with E-state index in [9.17, 15) is 0 Å². The first-order chi connectivity index (χ1) is 10.1. The van der Waals surface area contributed by atoms with Crippen molar-refractivity contribution in [3.63, 3.8) is 0 Å². The van der Waals surface area contributed by atoms with Gasteiger partial charge in [-0.1, -0.05) is 24.3 Å². The summed E-state index contributed by atoms with van der Waals surface area (Å²) >= 11 is 7.16. The van der Waals surface area contributed by atoms with Gasteiger partial charge < -0.3 is 15.5 Å². The number of hydrogen-bond donors (Lipinski definition) is 2. The van der Waals surface area contributed by atoms with E-state index < -0.39 is 0 Å². The summed E-state index contributed by atoms with van der Waals surface area (Å²) in [6, 6.07) is 12.7. The van der Waals surface area contributed by atoms with Crippen LogP contribution >= 0.6 is 23.6 Å². The van der Waals surface area contributed by atoms with E-state index in [4.69, 9.17) is 12.2 Å². The van der Waals surface area contributed by atoms with Crippen LogP contribution in [0.1, 0.15) is 16.5 Å². The summed E-state index contributed by atoms with van der Waals surface area (Å²) in [5.41, 5.74) is 2.23. The fraction of sp³-hybridized carbons (Fsp3) is 0.312. The van der Waals surface area contributed by atoms with Gasteiger partial charge in [-0.15, -0.1) is 11.3 Å². The Morgan fingerprint density at radius 3 is 2.62 bits per heavy atom. The van der Waals surface area contributed by atoms with Crippen molar-refractivity contribution in [2.45, 2.75) is 13.0 Å². The third-order valence-corrected chi connectivity index (χ3v) is 4.56. The van der Waals surface area contributed by atoms with E-state index >= 15 is 0 Å². The fourth-order valence-electron chi connectivity index (χ4n) is 2.09. The van der Waals surface area contributed by atoms with Crippen LogP contribution in [-0.2, 0) is 0 Å². The number of benzene rings is 1. The fourth-order valence-corrected chi connectivity index (χ4v) is 3.20. The number of nitrogens with zero attached hydrogens (tertiary/aromatic N) is 1. The molecule has 0 radical (unpaired) electrons. The van der Waals surface area contributed by atoms with Crippen LogP contribution in [0.2, 0.25) is 0 Å². The first-order valence-electron chi connectivity index (χ1n) is 6.88. The molecule has 5 heteroatoms. The average Bonchev–Trinajstić information content (AvgIpc) is 2.95. The van der Waals surface area contributed by atoms with E-state index in [1.54, 1.807) is 11.3 Å². The zero-order valence-electron chi connectivity index (χ0n) is 12.6. The van der Waals surface area contributed by atoms with Gasteiger partial charge in [-0.2, -0.15) is 0 Å². The molecule has 0 spiro atoms. The maximum atomic E-state index is 5.39. The van der Waals surface area contributed by atoms with Crippen LogP contribution in [0.3, 0.4) is 0 Å². The summed E-state index contributed by atoms with van der Waals surface area (Å²) in [5.74, 6) is 0. The van der Waals surface area contributed by atoms with E-state index in [0.29, 0.717) is 11.2 Å². The number of aryl methyl sites for hydroxylation is 1. The summed E-state index contributed by atoms with van der Waals surface area (Å²) in [7, 11) is 4.17. The van der Waals surface area contributed by atoms with Gasteiger partial charge in [-0.05, 0) is 56.3 Å². The predicted octanol–water partition coefficient (Wildman–Crippen LogP) is 3.65. The van der Waals surface area contributed by atoms with Gasteiger partial charge in [-0.3, -0.25) is 0 Å². The monoisotopic (exact) mass is 319 g/mol. The standard InChI is InChI=1S/C16H21N3S2/c1-12-7-4-5-8-13(12)18-16(20)17-11-14(19(2)3)15-9-6-10-21-15/h4-10,14H,11H2,1-3H3,(H2,17,18,20). The van der Waals surface area contributed by atoms with Crippen molar-refractivity contribution in [1.29, 1.82) is 0 Å². The lowest BCUT2D eigenvalue weighted by atomic mass is 10.2. The van der Waals surface area contributed by atoms with Gasteiger partial charge in [0.2, 0.25) is 0 Å². The maximum absolute atomic E-state index is 5.39. The Kier molecular flexibility index (Phi) is 5.73. The molecule has 2 rings (SSSR count). The Hall–Kier alpha value is -1.43. The zero-order chi connectivity index (χ0) is 15.2. The van der Waals surface area contributed by atoms with Crippen molar-refractivity contribution in [3.8, 4) is 0 Å². The van der Waals surface area contributed by atoms with Crippen LogP contribution in [0, 0.1) is 6.92 Å². The number of para-hydroxylation sites is 1. The molecule has 0 aliphatic heterocycles. The second-order valence-corrected chi connectivity index (χ2v) is 6.53. The molecule has 2 aromatic rings. The smallest absolute Gasteiger partial charge is 0.170 e. The molecule has 1 aromatic heterocycles. The van der Waals surface area contributed by atoms with E-state index in [-0.39, 0.29) is 0 Å². The summed E-state index contributed by atoms with van der Waals surface area (Å²) < 4.78 is 0. The van der Waals surface area contributed by atoms with Crippen molar-refractivity contribution in [2.24, 2.45) is 0 Å². The van der Waals surface area contributed by atoms with E-state index in [0.717, 1.165) is 12.2 Å². The number of nitrogens with one attached hydrogen (secondary N) is 2. The SMILES string of the molecule is Cc1ccccc1NC(=S)NCC(c1cccs1)N(C)C. The van der Waals surface area contributed by atoms with Crippen LogP contribution in [0.15, 0.2) is 41.8 Å². The molecule has 1 atom stereocenters. The van der Waals surface area contributed by atoms with E-state index in [2.05, 4.69) is 60.1 Å². The minimum Gasteiger partial charge on any atom is -0.360 e. The number of hydrogen-bond acceptors (Lipinski definition) is 3. The van der Waals surface area contributed by atoms with Crippen molar-refractivity contribution in [1.82, 2.24) is 10.2 Å². The molecule has 0 bridgehead atoms. The van der Waals surface area contributed by atoms with Gasteiger partial charge in [-0.25, -0.2) is 0 Å². The first-order valence-corrected chi connectivity index (χ1v) is 8.17. The van der Waals surface area contributed by atoms with E-state index in [1.807, 2.05) is 18.2 Å². The maximum Gasteiger partial charge on any atom is 0.170 e. The minimum absolute atomic E-state index is 0.321. The molecule has 21 heavy (non-hydrogen) atoms. The van der Waals surface area contributed by atoms with Gasteiger partial charge in [0.15, 0.2) is 5.11 Å². The van der Waals surface area contributed by atoms with Gasteiger partial charge in [0.25, 0.3) is 0 Å². The first kappa shape index (κ1) is 15.9. The average molecular weight is 319 g/mol. The Morgan fingerprint density at radius 2 is 2.00 bits per heavy atom. The summed E-state index contributed by atoms with van der Waals surface area (Å²) in [6.45, 7) is 2.85. The largest absolute Gasteiger partial charge is 0.360 e. The molecular weight excluding hydrogens is 298 g/mol. The summed E-state index contributed by atoms with van der Waals surface area (Å²) in [5, 5.41) is 9.34. The molecule has 0 fully saturated rings. The molecule has 0 aliphatic rings. The van der Waals surface area contributed by atoms with E-state index in [1.165, 1.54) is 10.4 Å². The lowest BCUT2D eigenvalue weighted by molar-refractivity contribution is 0.303. The van der Waals surface area contributed by atoms with Crippen molar-refractivity contribution in [3.05, 3.63) is 52.2 Å². The minimum atomic E-state index is 0.321. The molecule has 3 nitrogen and oxygen atoms in total. The van der Waals surface area contributed by atoms with Crippen LogP contribution in [0.5, 0.6) is 0 Å². The van der Waals surface area contributed by atoms with Crippen LogP contribution < -0.4 is 10.6 Å². The molecule has 2 N–H and O–H groups in total. The van der Waals surface area contributed by atoms with Gasteiger partial charge >= 0.3 is 0 Å². The topological polar surface area (TPSA) is 27.3 Å². The van der Waals surface area contributed by atoms with Crippen molar-refractivity contribution in [2.75, 3.05) is 26.0 Å². The Morgan fingerprint density at radius 1 is 1.24 bits per heavy atom. The molecule has 1 heterocycles. The lowest BCUT2D eigenvalue weighted by Gasteiger charge is -2.24. The quantitative estimate of drug-likeness (QED) is 0.823. The van der Waals surface area contributed by atoms with Crippen LogP contribution in [0.25, 0.3) is 0 Å². The number of anilines is 1. The molecular formula is C16H21N3S2. The highest BCUT2D eigenvalue weighted by molar-refractivity contribution is 7.80. The summed E-state index contributed by atoms with van der Waals surface area (Å²) in [6.07, 6.45) is 0. The predicted molar refractivity (Wildman–Crippen MR) is 96.1 cm³/mol. The Labute approximate surface area is 136 Å². The number of likely N-dealkylation sites (N-methyl/N-ethyl adjacent to an activating group) is 1. The van der Waals surface area contributed by atoms with Gasteiger partial charge in [0, 0.05) is 17.1 Å². The number of thiocarbonyl (C=S) groups is 1. The number of thiophene rings is 1. The number of rotatable bonds is 5.